The maximum absolute atomic E-state index is 5.35. The van der Waals surface area contributed by atoms with Gasteiger partial charge in [0, 0.05) is 37.6 Å². The Bertz CT molecular complexity index is 305. The number of aromatic amines is 1. The first-order chi connectivity index (χ1) is 7.90. The van der Waals surface area contributed by atoms with Crippen LogP contribution in [0.1, 0.15) is 43.6 Å². The SMILES string of the molecule is CCCNCc1cnc(C2CCOCC2)[nH]1. The lowest BCUT2D eigenvalue weighted by atomic mass is 10.00. The zero-order valence-electron chi connectivity index (χ0n) is 9.96. The molecule has 0 spiro atoms. The summed E-state index contributed by atoms with van der Waals surface area (Å²) in [6.45, 7) is 5.87. The van der Waals surface area contributed by atoms with Crippen molar-refractivity contribution in [2.45, 2.75) is 38.6 Å². The van der Waals surface area contributed by atoms with Gasteiger partial charge in [-0.05, 0) is 25.8 Å². The van der Waals surface area contributed by atoms with Crippen LogP contribution in [0.15, 0.2) is 6.20 Å². The Morgan fingerprint density at radius 3 is 3.06 bits per heavy atom. The maximum atomic E-state index is 5.35. The predicted molar refractivity (Wildman–Crippen MR) is 63.4 cm³/mol. The highest BCUT2D eigenvalue weighted by Crippen LogP contribution is 2.24. The zero-order chi connectivity index (χ0) is 11.2. The lowest BCUT2D eigenvalue weighted by Gasteiger charge is -2.19. The summed E-state index contributed by atoms with van der Waals surface area (Å²) in [7, 11) is 0. The Kier molecular flexibility index (Phi) is 4.36. The van der Waals surface area contributed by atoms with E-state index in [2.05, 4.69) is 22.2 Å². The van der Waals surface area contributed by atoms with Crippen LogP contribution >= 0.6 is 0 Å². The summed E-state index contributed by atoms with van der Waals surface area (Å²) >= 11 is 0. The summed E-state index contributed by atoms with van der Waals surface area (Å²) in [5.74, 6) is 1.70. The highest BCUT2D eigenvalue weighted by molar-refractivity contribution is 5.06. The van der Waals surface area contributed by atoms with E-state index in [1.54, 1.807) is 0 Å². The molecule has 2 N–H and O–H groups in total. The quantitative estimate of drug-likeness (QED) is 0.748. The fourth-order valence-electron chi connectivity index (χ4n) is 2.04. The van der Waals surface area contributed by atoms with Gasteiger partial charge in [0.25, 0.3) is 0 Å². The fourth-order valence-corrected chi connectivity index (χ4v) is 2.04. The first kappa shape index (κ1) is 11.6. The predicted octanol–water partition coefficient (Wildman–Crippen LogP) is 1.80. The molecular weight excluding hydrogens is 202 g/mol. The molecule has 0 aromatic carbocycles. The van der Waals surface area contributed by atoms with Crippen LogP contribution in [0.5, 0.6) is 0 Å². The van der Waals surface area contributed by atoms with E-state index >= 15 is 0 Å². The van der Waals surface area contributed by atoms with Gasteiger partial charge >= 0.3 is 0 Å². The second kappa shape index (κ2) is 6.01. The van der Waals surface area contributed by atoms with Crippen molar-refractivity contribution in [2.75, 3.05) is 19.8 Å². The largest absolute Gasteiger partial charge is 0.381 e. The number of ether oxygens (including phenoxy) is 1. The Balaban J connectivity index is 1.85. The number of hydrogen-bond acceptors (Lipinski definition) is 3. The van der Waals surface area contributed by atoms with E-state index in [0.29, 0.717) is 5.92 Å². The highest BCUT2D eigenvalue weighted by Gasteiger charge is 2.18. The van der Waals surface area contributed by atoms with E-state index in [1.807, 2.05) is 6.20 Å². The first-order valence-corrected chi connectivity index (χ1v) is 6.22. The van der Waals surface area contributed by atoms with Gasteiger partial charge in [0.2, 0.25) is 0 Å². The summed E-state index contributed by atoms with van der Waals surface area (Å²) < 4.78 is 5.35. The molecule has 2 rings (SSSR count). The number of aromatic nitrogens is 2. The number of rotatable bonds is 5. The van der Waals surface area contributed by atoms with Crippen molar-refractivity contribution >= 4 is 0 Å². The van der Waals surface area contributed by atoms with Gasteiger partial charge in [0.1, 0.15) is 5.82 Å². The number of nitrogens with one attached hydrogen (secondary N) is 2. The van der Waals surface area contributed by atoms with Crippen molar-refractivity contribution in [3.63, 3.8) is 0 Å². The number of nitrogens with zero attached hydrogens (tertiary/aromatic N) is 1. The van der Waals surface area contributed by atoms with Gasteiger partial charge in [0.15, 0.2) is 0 Å². The van der Waals surface area contributed by atoms with E-state index in [4.69, 9.17) is 4.74 Å². The smallest absolute Gasteiger partial charge is 0.109 e. The number of hydrogen-bond donors (Lipinski definition) is 2. The number of H-pyrrole nitrogens is 1. The minimum atomic E-state index is 0.564. The van der Waals surface area contributed by atoms with Crippen LogP contribution in [0.2, 0.25) is 0 Å². The Labute approximate surface area is 96.8 Å². The third-order valence-corrected chi connectivity index (χ3v) is 3.00. The first-order valence-electron chi connectivity index (χ1n) is 6.22. The van der Waals surface area contributed by atoms with Gasteiger partial charge in [-0.25, -0.2) is 4.98 Å². The van der Waals surface area contributed by atoms with Crippen LogP contribution in [0, 0.1) is 0 Å². The third-order valence-electron chi connectivity index (χ3n) is 3.00. The minimum absolute atomic E-state index is 0.564. The molecule has 0 saturated carbocycles. The molecule has 0 radical (unpaired) electrons. The average molecular weight is 223 g/mol. The summed E-state index contributed by atoms with van der Waals surface area (Å²) in [6.07, 6.45) is 5.30. The zero-order valence-corrected chi connectivity index (χ0v) is 9.96. The van der Waals surface area contributed by atoms with Gasteiger partial charge in [-0.3, -0.25) is 0 Å². The average Bonchev–Trinajstić information content (AvgIpc) is 2.79. The second-order valence-corrected chi connectivity index (χ2v) is 4.36. The molecule has 0 atom stereocenters. The van der Waals surface area contributed by atoms with E-state index in [0.717, 1.165) is 45.0 Å². The Hall–Kier alpha value is -0.870. The molecule has 1 aromatic heterocycles. The van der Waals surface area contributed by atoms with Crippen LogP contribution in [0.25, 0.3) is 0 Å². The van der Waals surface area contributed by atoms with E-state index in [1.165, 1.54) is 12.1 Å². The molecule has 1 saturated heterocycles. The molecule has 4 heteroatoms. The van der Waals surface area contributed by atoms with Crippen LogP contribution in [0.3, 0.4) is 0 Å². The van der Waals surface area contributed by atoms with E-state index in [-0.39, 0.29) is 0 Å². The summed E-state index contributed by atoms with van der Waals surface area (Å²) in [4.78, 5) is 7.88. The van der Waals surface area contributed by atoms with Crippen LogP contribution in [0.4, 0.5) is 0 Å². The maximum Gasteiger partial charge on any atom is 0.109 e. The van der Waals surface area contributed by atoms with Gasteiger partial charge in [0.05, 0.1) is 0 Å². The molecule has 1 aliphatic rings. The second-order valence-electron chi connectivity index (χ2n) is 4.36. The summed E-state index contributed by atoms with van der Waals surface area (Å²) in [6, 6.07) is 0. The van der Waals surface area contributed by atoms with E-state index in [9.17, 15) is 0 Å². The molecule has 1 aromatic rings. The van der Waals surface area contributed by atoms with Crippen molar-refractivity contribution in [3.8, 4) is 0 Å². The molecule has 90 valence electrons. The molecule has 0 unspecified atom stereocenters. The monoisotopic (exact) mass is 223 g/mol. The lowest BCUT2D eigenvalue weighted by molar-refractivity contribution is 0.0837. The van der Waals surface area contributed by atoms with Crippen LogP contribution in [-0.2, 0) is 11.3 Å². The number of imidazole rings is 1. The molecule has 2 heterocycles. The van der Waals surface area contributed by atoms with Gasteiger partial charge in [-0.1, -0.05) is 6.92 Å². The molecule has 0 bridgehead atoms. The summed E-state index contributed by atoms with van der Waals surface area (Å²) in [5.41, 5.74) is 1.19. The molecule has 0 amide bonds. The van der Waals surface area contributed by atoms with Crippen molar-refractivity contribution < 1.29 is 4.74 Å². The Morgan fingerprint density at radius 2 is 2.31 bits per heavy atom. The van der Waals surface area contributed by atoms with Gasteiger partial charge in [-0.15, -0.1) is 0 Å². The molecule has 0 aliphatic carbocycles. The Morgan fingerprint density at radius 1 is 1.50 bits per heavy atom. The molecule has 1 fully saturated rings. The van der Waals surface area contributed by atoms with Gasteiger partial charge < -0.3 is 15.0 Å². The minimum Gasteiger partial charge on any atom is -0.381 e. The standard InChI is InChI=1S/C12H21N3O/c1-2-5-13-8-11-9-14-12(15-11)10-3-6-16-7-4-10/h9-10,13H,2-8H2,1H3,(H,14,15). The molecule has 4 nitrogen and oxygen atoms in total. The fraction of sp³-hybridized carbons (Fsp3) is 0.750. The van der Waals surface area contributed by atoms with Crippen molar-refractivity contribution in [1.29, 1.82) is 0 Å². The summed E-state index contributed by atoms with van der Waals surface area (Å²) in [5, 5.41) is 3.37. The normalized spacial score (nSPS) is 17.8. The van der Waals surface area contributed by atoms with Gasteiger partial charge in [-0.2, -0.15) is 0 Å². The van der Waals surface area contributed by atoms with Crippen LogP contribution in [-0.4, -0.2) is 29.7 Å². The topological polar surface area (TPSA) is 49.9 Å². The lowest BCUT2D eigenvalue weighted by Crippen LogP contribution is -2.16. The third kappa shape index (κ3) is 3.06. The van der Waals surface area contributed by atoms with Crippen LogP contribution < -0.4 is 5.32 Å². The molecule has 1 aliphatic heterocycles. The molecule has 16 heavy (non-hydrogen) atoms. The van der Waals surface area contributed by atoms with Crippen molar-refractivity contribution in [2.24, 2.45) is 0 Å². The van der Waals surface area contributed by atoms with E-state index < -0.39 is 0 Å². The molecular formula is C12H21N3O. The van der Waals surface area contributed by atoms with Crippen molar-refractivity contribution in [3.05, 3.63) is 17.7 Å². The van der Waals surface area contributed by atoms with Crippen molar-refractivity contribution in [1.82, 2.24) is 15.3 Å². The highest BCUT2D eigenvalue weighted by atomic mass is 16.5.